The molecule has 0 bridgehead atoms. The summed E-state index contributed by atoms with van der Waals surface area (Å²) in [5.74, 6) is 2.79. The fraction of sp³-hybridized carbons (Fsp3) is 0.300. The molecule has 6 aromatic rings. The number of amides is 2. The number of urea groups is 1. The van der Waals surface area contributed by atoms with E-state index >= 15 is 0 Å². The van der Waals surface area contributed by atoms with Crippen LogP contribution in [0.5, 0.6) is 11.5 Å². The van der Waals surface area contributed by atoms with Gasteiger partial charge in [-0.2, -0.15) is 16.9 Å². The van der Waals surface area contributed by atoms with Crippen molar-refractivity contribution in [2.45, 2.75) is 73.8 Å². The Bertz CT molecular complexity index is 2240. The highest BCUT2D eigenvalue weighted by atomic mass is 32.2. The Morgan fingerprint density at radius 1 is 0.906 bits per heavy atom. The van der Waals surface area contributed by atoms with Crippen LogP contribution >= 0.6 is 23.5 Å². The second kappa shape index (κ2) is 15.3. The third kappa shape index (κ3) is 8.42. The maximum atomic E-state index is 13.6. The van der Waals surface area contributed by atoms with Crippen LogP contribution in [-0.4, -0.2) is 52.1 Å². The summed E-state index contributed by atoms with van der Waals surface area (Å²) in [6.45, 7) is 15.7. The van der Waals surface area contributed by atoms with Crippen LogP contribution in [0.15, 0.2) is 107 Å². The molecule has 0 atom stereocenters. The molecule has 0 unspecified atom stereocenters. The number of ether oxygens (including phenoxy) is 1. The van der Waals surface area contributed by atoms with E-state index in [0.29, 0.717) is 18.2 Å². The number of nitrogens with one attached hydrogen (secondary N) is 2. The number of rotatable bonds is 12. The van der Waals surface area contributed by atoms with Crippen LogP contribution in [0, 0.1) is 0 Å². The predicted octanol–water partition coefficient (Wildman–Crippen LogP) is 10.0. The molecule has 53 heavy (non-hydrogen) atoms. The van der Waals surface area contributed by atoms with Gasteiger partial charge in [-0.05, 0) is 86.3 Å². The zero-order valence-corrected chi connectivity index (χ0v) is 34.4. The second-order valence-corrected chi connectivity index (χ2v) is 22.0. The van der Waals surface area contributed by atoms with Crippen LogP contribution < -0.4 is 19.8 Å². The number of pyridine rings is 1. The van der Waals surface area contributed by atoms with Gasteiger partial charge in [0.2, 0.25) is 8.32 Å². The van der Waals surface area contributed by atoms with Crippen molar-refractivity contribution in [3.8, 4) is 28.6 Å². The minimum atomic E-state index is -2.07. The Morgan fingerprint density at radius 2 is 1.66 bits per heavy atom. The smallest absolute Gasteiger partial charge is 0.320 e. The highest BCUT2D eigenvalue weighted by Gasteiger charge is 2.39. The van der Waals surface area contributed by atoms with Gasteiger partial charge in [0.1, 0.15) is 17.3 Å². The minimum Gasteiger partial charge on any atom is -0.543 e. The molecule has 2 amide bonds. The molecule has 3 aromatic heterocycles. The molecule has 0 fully saturated rings. The van der Waals surface area contributed by atoms with Crippen LogP contribution in [0.1, 0.15) is 45.9 Å². The standard InChI is InChI=1S/C40H47N7O3S2Si/c1-39(2,3)53(8,9)50-29-17-14-16-28(23-29)47-36(24-34(45-47)40(4,5)51-7)42-38(48)41-25-27-15-10-13-20-33(27)52-30-21-22-35-43-44-37(46(35)26-30)31-18-11-12-19-32(31)49-6/h10-24,26H,25H2,1-9H3,(H2,41,42,48). The normalized spacial score (nSPS) is 12.2. The van der Waals surface area contributed by atoms with Crippen LogP contribution in [-0.2, 0) is 11.3 Å². The zero-order valence-electron chi connectivity index (χ0n) is 31.7. The summed E-state index contributed by atoms with van der Waals surface area (Å²) in [6.07, 6.45) is 4.09. The number of carbonyl (C=O) groups is 1. The Kier molecular flexibility index (Phi) is 11.0. The van der Waals surface area contributed by atoms with Crippen LogP contribution in [0.3, 0.4) is 0 Å². The van der Waals surface area contributed by atoms with Gasteiger partial charge in [0.05, 0.1) is 28.8 Å². The van der Waals surface area contributed by atoms with E-state index in [1.54, 1.807) is 35.3 Å². The van der Waals surface area contributed by atoms with Gasteiger partial charge >= 0.3 is 6.03 Å². The van der Waals surface area contributed by atoms with Gasteiger partial charge in [-0.3, -0.25) is 9.72 Å². The molecule has 0 radical (unpaired) electrons. The molecular formula is C40H47N7O3S2Si. The number of methoxy groups -OCH3 is 1. The molecule has 6 rings (SSSR count). The molecule has 276 valence electrons. The largest absolute Gasteiger partial charge is 0.543 e. The molecule has 3 aromatic carbocycles. The Labute approximate surface area is 321 Å². The second-order valence-electron chi connectivity index (χ2n) is 14.7. The van der Waals surface area contributed by atoms with Crippen LogP contribution in [0.25, 0.3) is 22.7 Å². The fourth-order valence-corrected chi connectivity index (χ4v) is 7.65. The monoisotopic (exact) mass is 765 g/mol. The van der Waals surface area contributed by atoms with Crippen molar-refractivity contribution < 1.29 is 14.0 Å². The van der Waals surface area contributed by atoms with E-state index in [1.165, 1.54) is 0 Å². The van der Waals surface area contributed by atoms with Crippen molar-refractivity contribution in [3.05, 3.63) is 108 Å². The third-order valence-corrected chi connectivity index (χ3v) is 16.4. The molecule has 10 nitrogen and oxygen atoms in total. The Hall–Kier alpha value is -4.72. The lowest BCUT2D eigenvalue weighted by atomic mass is 10.1. The van der Waals surface area contributed by atoms with Gasteiger partial charge in [-0.1, -0.05) is 68.9 Å². The van der Waals surface area contributed by atoms with E-state index in [4.69, 9.17) is 14.3 Å². The lowest BCUT2D eigenvalue weighted by molar-refractivity contribution is 0.251. The van der Waals surface area contributed by atoms with E-state index in [1.807, 2.05) is 95.5 Å². The minimum absolute atomic E-state index is 0.0534. The van der Waals surface area contributed by atoms with E-state index < -0.39 is 8.32 Å². The number of aromatic nitrogens is 5. The quantitative estimate of drug-likeness (QED) is 0.119. The van der Waals surface area contributed by atoms with Gasteiger partial charge < -0.3 is 14.5 Å². The number of nitrogens with zero attached hydrogens (tertiary/aromatic N) is 5. The van der Waals surface area contributed by atoms with Crippen molar-refractivity contribution >= 4 is 49.3 Å². The van der Waals surface area contributed by atoms with Crippen LogP contribution in [0.2, 0.25) is 18.1 Å². The predicted molar refractivity (Wildman–Crippen MR) is 219 cm³/mol. The van der Waals surface area contributed by atoms with Crippen LogP contribution in [0.4, 0.5) is 10.6 Å². The Balaban J connectivity index is 1.21. The number of para-hydroxylation sites is 1. The topological polar surface area (TPSA) is 108 Å². The van der Waals surface area contributed by atoms with E-state index in [-0.39, 0.29) is 15.8 Å². The first kappa shape index (κ1) is 38.0. The molecule has 2 N–H and O–H groups in total. The van der Waals surface area contributed by atoms with Gasteiger partial charge in [-0.25, -0.2) is 9.48 Å². The molecule has 3 heterocycles. The highest BCUT2D eigenvalue weighted by Crippen LogP contribution is 2.39. The summed E-state index contributed by atoms with van der Waals surface area (Å²) >= 11 is 3.31. The van der Waals surface area contributed by atoms with Crippen molar-refractivity contribution in [3.63, 3.8) is 0 Å². The van der Waals surface area contributed by atoms with Crippen molar-refractivity contribution in [2.75, 3.05) is 18.7 Å². The van der Waals surface area contributed by atoms with Crippen molar-refractivity contribution in [2.24, 2.45) is 0 Å². The lowest BCUT2D eigenvalue weighted by Crippen LogP contribution is -2.43. The SMILES string of the molecule is COc1ccccc1-c1nnc2ccc(Sc3ccccc3CNC(=O)Nc3cc(C(C)(C)SC)nn3-c3cccc(O[Si](C)(C)C(C)(C)C)c3)cn12. The van der Waals surface area contributed by atoms with E-state index in [0.717, 1.165) is 49.4 Å². The highest BCUT2D eigenvalue weighted by molar-refractivity contribution is 7.99. The van der Waals surface area contributed by atoms with Crippen molar-refractivity contribution in [1.82, 2.24) is 29.7 Å². The zero-order chi connectivity index (χ0) is 38.0. The van der Waals surface area contributed by atoms with E-state index in [9.17, 15) is 4.79 Å². The summed E-state index contributed by atoms with van der Waals surface area (Å²) in [7, 11) is -0.418. The van der Waals surface area contributed by atoms with Gasteiger partial charge in [0, 0.05) is 34.7 Å². The summed E-state index contributed by atoms with van der Waals surface area (Å²) < 4.78 is 15.7. The van der Waals surface area contributed by atoms with E-state index in [2.05, 4.69) is 80.9 Å². The maximum Gasteiger partial charge on any atom is 0.320 e. The molecule has 0 aliphatic heterocycles. The third-order valence-electron chi connectivity index (χ3n) is 9.68. The number of fused-ring (bicyclic) bond motifs is 1. The first-order chi connectivity index (χ1) is 25.2. The number of hydrogen-bond donors (Lipinski definition) is 2. The molecule has 0 saturated heterocycles. The van der Waals surface area contributed by atoms with Crippen molar-refractivity contribution in [1.29, 1.82) is 0 Å². The summed E-state index contributed by atoms with van der Waals surface area (Å²) in [5, 5.41) is 20.0. The molecule has 0 aliphatic rings. The summed E-state index contributed by atoms with van der Waals surface area (Å²) in [4.78, 5) is 15.6. The summed E-state index contributed by atoms with van der Waals surface area (Å²) in [6, 6.07) is 29.4. The average molecular weight is 766 g/mol. The Morgan fingerprint density at radius 3 is 2.42 bits per heavy atom. The molecular weight excluding hydrogens is 719 g/mol. The van der Waals surface area contributed by atoms with Gasteiger partial charge in [-0.15, -0.1) is 10.2 Å². The maximum absolute atomic E-state index is 13.6. The lowest BCUT2D eigenvalue weighted by Gasteiger charge is -2.36. The number of benzene rings is 3. The number of anilines is 1. The molecule has 0 saturated carbocycles. The number of hydrogen-bond acceptors (Lipinski definition) is 8. The summed E-state index contributed by atoms with van der Waals surface area (Å²) in [5.41, 5.74) is 4.24. The van der Waals surface area contributed by atoms with Gasteiger partial charge in [0.15, 0.2) is 11.5 Å². The number of thioether (sulfide) groups is 1. The molecule has 0 spiro atoms. The van der Waals surface area contributed by atoms with Gasteiger partial charge in [0.25, 0.3) is 0 Å². The number of carbonyl (C=O) groups excluding carboxylic acids is 1. The first-order valence-electron chi connectivity index (χ1n) is 17.4. The average Bonchev–Trinajstić information content (AvgIpc) is 3.75. The molecule has 0 aliphatic carbocycles. The fourth-order valence-electron chi connectivity index (χ4n) is 5.35. The molecule has 13 heteroatoms. The first-order valence-corrected chi connectivity index (χ1v) is 22.4.